The van der Waals surface area contributed by atoms with Gasteiger partial charge in [-0.1, -0.05) is 40.2 Å². The number of hydrogen-bond donors (Lipinski definition) is 0. The molecular weight excluding hydrogens is 384 g/mol. The third-order valence-electron chi connectivity index (χ3n) is 4.33. The Bertz CT molecular complexity index is 792. The van der Waals surface area contributed by atoms with E-state index in [4.69, 9.17) is 4.74 Å². The van der Waals surface area contributed by atoms with Gasteiger partial charge in [-0.15, -0.1) is 0 Å². The first-order chi connectivity index (χ1) is 12.0. The average molecular weight is 403 g/mol. The SMILES string of the molecule is COc1ccccc1N1C(=O)CC(N(C)Cc2ccc(Br)cc2)C1=O. The molecule has 130 valence electrons. The number of amides is 2. The maximum atomic E-state index is 12.9. The molecule has 5 nitrogen and oxygen atoms in total. The fraction of sp³-hybridized carbons (Fsp3) is 0.263. The average Bonchev–Trinajstić information content (AvgIpc) is 2.91. The summed E-state index contributed by atoms with van der Waals surface area (Å²) in [7, 11) is 3.39. The summed E-state index contributed by atoms with van der Waals surface area (Å²) in [5.41, 5.74) is 1.58. The van der Waals surface area contributed by atoms with E-state index in [9.17, 15) is 9.59 Å². The smallest absolute Gasteiger partial charge is 0.251 e. The number of para-hydroxylation sites is 2. The van der Waals surface area contributed by atoms with Crippen LogP contribution in [0.2, 0.25) is 0 Å². The van der Waals surface area contributed by atoms with Crippen LogP contribution < -0.4 is 9.64 Å². The molecule has 0 bridgehead atoms. The van der Waals surface area contributed by atoms with E-state index in [1.165, 1.54) is 12.0 Å². The Kier molecular flexibility index (Phi) is 5.20. The predicted octanol–water partition coefficient (Wildman–Crippen LogP) is 3.22. The third kappa shape index (κ3) is 3.60. The molecule has 1 aliphatic heterocycles. The molecule has 0 radical (unpaired) electrons. The number of rotatable bonds is 5. The van der Waals surface area contributed by atoms with Gasteiger partial charge in [0.05, 0.1) is 25.3 Å². The summed E-state index contributed by atoms with van der Waals surface area (Å²) in [5.74, 6) is 0.0941. The summed E-state index contributed by atoms with van der Waals surface area (Å²) < 4.78 is 6.30. The van der Waals surface area contributed by atoms with Crippen LogP contribution in [-0.2, 0) is 16.1 Å². The zero-order valence-corrected chi connectivity index (χ0v) is 15.7. The highest BCUT2D eigenvalue weighted by Crippen LogP contribution is 2.33. The maximum Gasteiger partial charge on any atom is 0.251 e. The molecule has 0 aromatic heterocycles. The summed E-state index contributed by atoms with van der Waals surface area (Å²) in [5, 5.41) is 0. The van der Waals surface area contributed by atoms with Gasteiger partial charge < -0.3 is 4.74 Å². The van der Waals surface area contributed by atoms with Crippen molar-refractivity contribution in [3.8, 4) is 5.75 Å². The molecule has 1 aliphatic rings. The van der Waals surface area contributed by atoms with Crippen LogP contribution in [0, 0.1) is 0 Å². The molecule has 1 heterocycles. The molecule has 1 unspecified atom stereocenters. The van der Waals surface area contributed by atoms with Crippen molar-refractivity contribution in [2.75, 3.05) is 19.1 Å². The first-order valence-electron chi connectivity index (χ1n) is 7.95. The number of anilines is 1. The Hall–Kier alpha value is -2.18. The van der Waals surface area contributed by atoms with Gasteiger partial charge in [-0.25, -0.2) is 4.90 Å². The Morgan fingerprint density at radius 1 is 1.16 bits per heavy atom. The molecule has 1 fully saturated rings. The zero-order valence-electron chi connectivity index (χ0n) is 14.1. The first-order valence-corrected chi connectivity index (χ1v) is 8.75. The number of hydrogen-bond acceptors (Lipinski definition) is 4. The van der Waals surface area contributed by atoms with E-state index in [0.717, 1.165) is 10.0 Å². The molecule has 25 heavy (non-hydrogen) atoms. The number of carbonyl (C=O) groups excluding carboxylic acids is 2. The van der Waals surface area contributed by atoms with Crippen LogP contribution in [0.5, 0.6) is 5.75 Å². The van der Waals surface area contributed by atoms with Gasteiger partial charge in [-0.05, 0) is 36.9 Å². The van der Waals surface area contributed by atoms with Crippen LogP contribution in [0.1, 0.15) is 12.0 Å². The Balaban J connectivity index is 1.79. The summed E-state index contributed by atoms with van der Waals surface area (Å²) in [6.45, 7) is 0.594. The predicted molar refractivity (Wildman–Crippen MR) is 99.5 cm³/mol. The Morgan fingerprint density at radius 2 is 1.84 bits per heavy atom. The normalized spacial score (nSPS) is 17.4. The monoisotopic (exact) mass is 402 g/mol. The minimum Gasteiger partial charge on any atom is -0.495 e. The highest BCUT2D eigenvalue weighted by atomic mass is 79.9. The van der Waals surface area contributed by atoms with Crippen LogP contribution in [0.25, 0.3) is 0 Å². The topological polar surface area (TPSA) is 49.9 Å². The summed E-state index contributed by atoms with van der Waals surface area (Å²) in [4.78, 5) is 28.5. The van der Waals surface area contributed by atoms with Crippen LogP contribution in [0.3, 0.4) is 0 Å². The van der Waals surface area contributed by atoms with E-state index in [0.29, 0.717) is 18.0 Å². The molecule has 1 saturated heterocycles. The number of nitrogens with zero attached hydrogens (tertiary/aromatic N) is 2. The van der Waals surface area contributed by atoms with Crippen molar-refractivity contribution in [3.05, 3.63) is 58.6 Å². The van der Waals surface area contributed by atoms with Crippen LogP contribution >= 0.6 is 15.9 Å². The molecular formula is C19H19BrN2O3. The molecule has 2 aromatic carbocycles. The molecule has 1 atom stereocenters. The van der Waals surface area contributed by atoms with Crippen LogP contribution in [0.15, 0.2) is 53.0 Å². The lowest BCUT2D eigenvalue weighted by molar-refractivity contribution is -0.122. The Morgan fingerprint density at radius 3 is 2.52 bits per heavy atom. The van der Waals surface area contributed by atoms with E-state index >= 15 is 0 Å². The lowest BCUT2D eigenvalue weighted by atomic mass is 10.1. The van der Waals surface area contributed by atoms with E-state index in [1.54, 1.807) is 18.2 Å². The number of benzene rings is 2. The van der Waals surface area contributed by atoms with Gasteiger partial charge in [-0.2, -0.15) is 0 Å². The standard InChI is InChI=1S/C19H19BrN2O3/c1-21(12-13-7-9-14(20)10-8-13)16-11-18(23)22(19(16)24)15-5-3-4-6-17(15)25-2/h3-10,16H,11-12H2,1-2H3. The van der Waals surface area contributed by atoms with Gasteiger partial charge in [0.25, 0.3) is 5.91 Å². The summed E-state index contributed by atoms with van der Waals surface area (Å²) in [6.07, 6.45) is 0.171. The van der Waals surface area contributed by atoms with Crippen molar-refractivity contribution < 1.29 is 14.3 Å². The Labute approximate surface area is 155 Å². The lowest BCUT2D eigenvalue weighted by Gasteiger charge is -2.23. The number of imide groups is 1. The highest BCUT2D eigenvalue weighted by Gasteiger charge is 2.42. The largest absolute Gasteiger partial charge is 0.495 e. The van der Waals surface area contributed by atoms with Crippen molar-refractivity contribution in [2.24, 2.45) is 0 Å². The van der Waals surface area contributed by atoms with Crippen molar-refractivity contribution in [1.29, 1.82) is 0 Å². The van der Waals surface area contributed by atoms with E-state index < -0.39 is 6.04 Å². The molecule has 2 aromatic rings. The molecule has 0 N–H and O–H groups in total. The minimum atomic E-state index is -0.471. The van der Waals surface area contributed by atoms with Gasteiger partial charge >= 0.3 is 0 Å². The molecule has 3 rings (SSSR count). The van der Waals surface area contributed by atoms with Gasteiger partial charge in [0, 0.05) is 11.0 Å². The number of ether oxygens (including phenoxy) is 1. The minimum absolute atomic E-state index is 0.171. The molecule has 0 spiro atoms. The van der Waals surface area contributed by atoms with Gasteiger partial charge in [-0.3, -0.25) is 14.5 Å². The fourth-order valence-corrected chi connectivity index (χ4v) is 3.28. The zero-order chi connectivity index (χ0) is 18.0. The van der Waals surface area contributed by atoms with Gasteiger partial charge in [0.15, 0.2) is 0 Å². The second kappa shape index (κ2) is 7.37. The first kappa shape index (κ1) is 17.6. The number of carbonyl (C=O) groups is 2. The van der Waals surface area contributed by atoms with E-state index in [-0.39, 0.29) is 18.2 Å². The molecule has 0 aliphatic carbocycles. The van der Waals surface area contributed by atoms with E-state index in [1.807, 2.05) is 42.3 Å². The summed E-state index contributed by atoms with van der Waals surface area (Å²) in [6, 6.07) is 14.5. The second-order valence-corrected chi connectivity index (χ2v) is 6.92. The number of methoxy groups -OCH3 is 1. The van der Waals surface area contributed by atoms with Gasteiger partial charge in [0.1, 0.15) is 5.75 Å². The molecule has 0 saturated carbocycles. The molecule has 2 amide bonds. The summed E-state index contributed by atoms with van der Waals surface area (Å²) >= 11 is 3.41. The number of halogens is 1. The third-order valence-corrected chi connectivity index (χ3v) is 4.85. The maximum absolute atomic E-state index is 12.9. The van der Waals surface area contributed by atoms with Crippen molar-refractivity contribution in [2.45, 2.75) is 19.0 Å². The molecule has 6 heteroatoms. The van der Waals surface area contributed by atoms with Crippen molar-refractivity contribution in [3.63, 3.8) is 0 Å². The second-order valence-electron chi connectivity index (χ2n) is 6.00. The van der Waals surface area contributed by atoms with Crippen molar-refractivity contribution in [1.82, 2.24) is 4.90 Å². The van der Waals surface area contributed by atoms with Crippen molar-refractivity contribution >= 4 is 33.4 Å². The number of likely N-dealkylation sites (N-methyl/N-ethyl adjacent to an activating group) is 1. The fourth-order valence-electron chi connectivity index (χ4n) is 3.02. The quantitative estimate of drug-likeness (QED) is 0.720. The van der Waals surface area contributed by atoms with Gasteiger partial charge in [0.2, 0.25) is 5.91 Å². The lowest BCUT2D eigenvalue weighted by Crippen LogP contribution is -2.39. The highest BCUT2D eigenvalue weighted by molar-refractivity contribution is 9.10. The van der Waals surface area contributed by atoms with Crippen LogP contribution in [0.4, 0.5) is 5.69 Å². The van der Waals surface area contributed by atoms with Crippen LogP contribution in [-0.4, -0.2) is 36.9 Å². The van der Waals surface area contributed by atoms with E-state index in [2.05, 4.69) is 15.9 Å².